The van der Waals surface area contributed by atoms with Crippen molar-refractivity contribution in [1.82, 2.24) is 0 Å². The van der Waals surface area contributed by atoms with Crippen molar-refractivity contribution in [2.24, 2.45) is 11.8 Å². The molecule has 8 heteroatoms. The van der Waals surface area contributed by atoms with E-state index in [1.807, 2.05) is 13.0 Å². The molecule has 152 valence electrons. The van der Waals surface area contributed by atoms with Crippen LogP contribution in [-0.4, -0.2) is 22.6 Å². The van der Waals surface area contributed by atoms with Crippen LogP contribution in [0.3, 0.4) is 0 Å². The minimum Gasteiger partial charge on any atom is -0.322 e. The van der Waals surface area contributed by atoms with Crippen molar-refractivity contribution >= 4 is 34.8 Å². The first-order valence-electron chi connectivity index (χ1n) is 9.55. The summed E-state index contributed by atoms with van der Waals surface area (Å²) in [5, 5.41) is 13.6. The second-order valence-corrected chi connectivity index (χ2v) is 7.49. The highest BCUT2D eigenvalue weighted by atomic mass is 16.6. The van der Waals surface area contributed by atoms with Crippen molar-refractivity contribution in [3.63, 3.8) is 0 Å². The molecule has 2 aromatic carbocycles. The van der Waals surface area contributed by atoms with Crippen molar-refractivity contribution < 1.29 is 19.3 Å². The van der Waals surface area contributed by atoms with Gasteiger partial charge in [-0.05, 0) is 38.0 Å². The van der Waals surface area contributed by atoms with Gasteiger partial charge >= 0.3 is 0 Å². The van der Waals surface area contributed by atoms with Gasteiger partial charge in [0.25, 0.3) is 11.6 Å². The second-order valence-electron chi connectivity index (χ2n) is 7.49. The third kappa shape index (κ3) is 3.36. The van der Waals surface area contributed by atoms with E-state index in [-0.39, 0.29) is 34.4 Å². The molecule has 1 aliphatic carbocycles. The van der Waals surface area contributed by atoms with Crippen LogP contribution in [0.2, 0.25) is 0 Å². The highest BCUT2D eigenvalue weighted by molar-refractivity contribution is 6.25. The number of nitrogens with one attached hydrogen (secondary N) is 1. The van der Waals surface area contributed by atoms with E-state index >= 15 is 0 Å². The Labute approximate surface area is 172 Å². The zero-order valence-corrected chi connectivity index (χ0v) is 16.2. The first kappa shape index (κ1) is 19.5. The van der Waals surface area contributed by atoms with E-state index < -0.39 is 22.7 Å². The number of allylic oxidation sites excluding steroid dienone is 2. The van der Waals surface area contributed by atoms with Gasteiger partial charge in [-0.3, -0.25) is 24.5 Å². The third-order valence-corrected chi connectivity index (χ3v) is 5.53. The monoisotopic (exact) mass is 405 g/mol. The maximum atomic E-state index is 13.0. The number of amides is 3. The summed E-state index contributed by atoms with van der Waals surface area (Å²) >= 11 is 0. The van der Waals surface area contributed by atoms with Gasteiger partial charge in [0.2, 0.25) is 11.8 Å². The molecule has 1 N–H and O–H groups in total. The van der Waals surface area contributed by atoms with Crippen molar-refractivity contribution in [3.05, 3.63) is 75.9 Å². The van der Waals surface area contributed by atoms with Gasteiger partial charge in [-0.2, -0.15) is 0 Å². The van der Waals surface area contributed by atoms with E-state index in [9.17, 15) is 24.5 Å². The van der Waals surface area contributed by atoms with Gasteiger partial charge in [0.1, 0.15) is 0 Å². The van der Waals surface area contributed by atoms with Crippen molar-refractivity contribution in [1.29, 1.82) is 0 Å². The number of fused-ring (bicyclic) bond motifs is 1. The summed E-state index contributed by atoms with van der Waals surface area (Å²) in [6.07, 6.45) is 3.03. The SMILES string of the molecule is CC1=CC[C@@H]2C(=O)N(c3ccccc3C(=O)Nc3cccc([N+](=O)[O-])c3)C(=O)[C@H]2C1. The lowest BCUT2D eigenvalue weighted by molar-refractivity contribution is -0.384. The number of carbonyl (C=O) groups is 3. The molecule has 8 nitrogen and oxygen atoms in total. The lowest BCUT2D eigenvalue weighted by Crippen LogP contribution is -2.33. The van der Waals surface area contributed by atoms with Crippen LogP contribution in [-0.2, 0) is 9.59 Å². The van der Waals surface area contributed by atoms with Gasteiger partial charge in [0.05, 0.1) is 28.0 Å². The molecule has 2 aromatic rings. The Morgan fingerprint density at radius 2 is 1.83 bits per heavy atom. The Kier molecular flexibility index (Phi) is 4.91. The predicted octanol–water partition coefficient (Wildman–Crippen LogP) is 3.69. The molecule has 2 atom stereocenters. The quantitative estimate of drug-likeness (QED) is 0.361. The number of nitrogens with zero attached hydrogens (tertiary/aromatic N) is 2. The molecule has 0 saturated carbocycles. The fourth-order valence-corrected chi connectivity index (χ4v) is 4.03. The second kappa shape index (κ2) is 7.55. The first-order valence-corrected chi connectivity index (χ1v) is 9.55. The molecule has 0 unspecified atom stereocenters. The number of hydrogen-bond donors (Lipinski definition) is 1. The van der Waals surface area contributed by atoms with Gasteiger partial charge in [0.15, 0.2) is 0 Å². The minimum atomic E-state index is -0.559. The van der Waals surface area contributed by atoms with Gasteiger partial charge in [0, 0.05) is 17.8 Å². The van der Waals surface area contributed by atoms with Gasteiger partial charge < -0.3 is 5.32 Å². The van der Waals surface area contributed by atoms with Crippen LogP contribution in [0.25, 0.3) is 0 Å². The van der Waals surface area contributed by atoms with Crippen LogP contribution >= 0.6 is 0 Å². The molecule has 1 heterocycles. The normalized spacial score (nSPS) is 20.6. The maximum Gasteiger partial charge on any atom is 0.271 e. The van der Waals surface area contributed by atoms with E-state index in [1.165, 1.54) is 30.3 Å². The number of anilines is 2. The molecule has 0 aromatic heterocycles. The smallest absolute Gasteiger partial charge is 0.271 e. The Bertz CT molecular complexity index is 1110. The number of imide groups is 1. The molecule has 2 aliphatic rings. The minimum absolute atomic E-state index is 0.147. The maximum absolute atomic E-state index is 13.0. The summed E-state index contributed by atoms with van der Waals surface area (Å²) in [6, 6.07) is 11.9. The van der Waals surface area contributed by atoms with Gasteiger partial charge in [-0.1, -0.05) is 29.8 Å². The first-order chi connectivity index (χ1) is 14.4. The lowest BCUT2D eigenvalue weighted by Gasteiger charge is -2.19. The topological polar surface area (TPSA) is 110 Å². The molecule has 1 aliphatic heterocycles. The van der Waals surface area contributed by atoms with E-state index in [1.54, 1.807) is 18.2 Å². The molecule has 0 radical (unpaired) electrons. The third-order valence-electron chi connectivity index (χ3n) is 5.53. The summed E-state index contributed by atoms with van der Waals surface area (Å²) in [5.41, 5.74) is 1.54. The molecular formula is C22H19N3O5. The molecule has 0 spiro atoms. The van der Waals surface area contributed by atoms with E-state index in [4.69, 9.17) is 0 Å². The summed E-state index contributed by atoms with van der Waals surface area (Å²) in [4.78, 5) is 50.4. The number of benzene rings is 2. The standard InChI is InChI=1S/C22H19N3O5/c1-13-9-10-16-18(11-13)22(28)24(21(16)27)19-8-3-2-7-17(19)20(26)23-14-5-4-6-15(12-14)25(29)30/h2-9,12,16,18H,10-11H2,1H3,(H,23,26)/t16-,18-/m0/s1. The highest BCUT2D eigenvalue weighted by Gasteiger charge is 2.49. The Morgan fingerprint density at radius 3 is 2.60 bits per heavy atom. The van der Waals surface area contributed by atoms with Gasteiger partial charge in [-0.15, -0.1) is 0 Å². The van der Waals surface area contributed by atoms with E-state index in [0.29, 0.717) is 12.8 Å². The Hall–Kier alpha value is -3.81. The van der Waals surface area contributed by atoms with Crippen LogP contribution in [0, 0.1) is 22.0 Å². The number of nitro groups is 1. The summed E-state index contributed by atoms with van der Waals surface area (Å²) in [6.45, 7) is 1.94. The van der Waals surface area contributed by atoms with Crippen LogP contribution in [0.5, 0.6) is 0 Å². The van der Waals surface area contributed by atoms with Crippen molar-refractivity contribution in [2.75, 3.05) is 10.2 Å². The highest BCUT2D eigenvalue weighted by Crippen LogP contribution is 2.40. The van der Waals surface area contributed by atoms with Crippen LogP contribution in [0.4, 0.5) is 17.1 Å². The van der Waals surface area contributed by atoms with Gasteiger partial charge in [-0.25, -0.2) is 4.90 Å². The number of nitro benzene ring substituents is 1. The summed E-state index contributed by atoms with van der Waals surface area (Å²) in [7, 11) is 0. The zero-order valence-electron chi connectivity index (χ0n) is 16.2. The lowest BCUT2D eigenvalue weighted by atomic mass is 9.82. The van der Waals surface area contributed by atoms with Crippen LogP contribution in [0.1, 0.15) is 30.1 Å². The number of rotatable bonds is 4. The fraction of sp³-hybridized carbons (Fsp3) is 0.227. The van der Waals surface area contributed by atoms with E-state index in [0.717, 1.165) is 10.5 Å². The number of hydrogen-bond acceptors (Lipinski definition) is 5. The fourth-order valence-electron chi connectivity index (χ4n) is 4.03. The average molecular weight is 405 g/mol. The molecule has 0 bridgehead atoms. The molecule has 1 fully saturated rings. The van der Waals surface area contributed by atoms with Crippen molar-refractivity contribution in [3.8, 4) is 0 Å². The largest absolute Gasteiger partial charge is 0.322 e. The zero-order chi connectivity index (χ0) is 21.4. The molecule has 4 rings (SSSR count). The average Bonchev–Trinajstić information content (AvgIpc) is 2.97. The summed E-state index contributed by atoms with van der Waals surface area (Å²) in [5.74, 6) is -1.97. The van der Waals surface area contributed by atoms with Crippen LogP contribution < -0.4 is 10.2 Å². The molecule has 1 saturated heterocycles. The number of para-hydroxylation sites is 1. The number of non-ortho nitro benzene ring substituents is 1. The molecule has 30 heavy (non-hydrogen) atoms. The molecule has 3 amide bonds. The van der Waals surface area contributed by atoms with Crippen molar-refractivity contribution in [2.45, 2.75) is 19.8 Å². The number of carbonyl (C=O) groups excluding carboxylic acids is 3. The predicted molar refractivity (Wildman–Crippen MR) is 110 cm³/mol. The van der Waals surface area contributed by atoms with E-state index in [2.05, 4.69) is 5.32 Å². The summed E-state index contributed by atoms with van der Waals surface area (Å²) < 4.78 is 0. The Balaban J connectivity index is 1.64. The Morgan fingerprint density at radius 1 is 1.10 bits per heavy atom. The van der Waals surface area contributed by atoms with Crippen LogP contribution in [0.15, 0.2) is 60.2 Å². The molecular weight excluding hydrogens is 386 g/mol.